The Morgan fingerprint density at radius 2 is 2.11 bits per heavy atom. The van der Waals surface area contributed by atoms with E-state index in [4.69, 9.17) is 11.6 Å². The van der Waals surface area contributed by atoms with E-state index in [1.54, 1.807) is 19.1 Å². The Hall–Kier alpha value is -0.0500. The topological polar surface area (TPSA) is 58.2 Å². The van der Waals surface area contributed by atoms with Crippen molar-refractivity contribution in [1.82, 2.24) is 5.32 Å². The number of nitrogens with one attached hydrogen (secondary N) is 2. The quantitative estimate of drug-likeness (QED) is 0.719. The van der Waals surface area contributed by atoms with Crippen molar-refractivity contribution in [2.75, 3.05) is 17.8 Å². The van der Waals surface area contributed by atoms with Crippen LogP contribution in [-0.4, -0.2) is 26.8 Å². The SMILES string of the molecule is CCNCC(C)S(=O)(=O)Nc1cc(I)ccc1Cl. The summed E-state index contributed by atoms with van der Waals surface area (Å²) in [5.74, 6) is 0. The average molecular weight is 403 g/mol. The largest absolute Gasteiger partial charge is 0.316 e. The first-order valence-corrected chi connectivity index (χ1v) is 8.54. The van der Waals surface area contributed by atoms with Gasteiger partial charge in [0.05, 0.1) is 16.0 Å². The van der Waals surface area contributed by atoms with E-state index in [9.17, 15) is 8.42 Å². The van der Waals surface area contributed by atoms with Crippen molar-refractivity contribution in [3.05, 3.63) is 26.8 Å². The number of sulfonamides is 1. The first kappa shape index (κ1) is 16.0. The first-order chi connectivity index (χ1) is 8.36. The normalized spacial score (nSPS) is 13.3. The number of anilines is 1. The Bertz CT molecular complexity index is 508. The summed E-state index contributed by atoms with van der Waals surface area (Å²) < 4.78 is 27.6. The van der Waals surface area contributed by atoms with Gasteiger partial charge in [-0.3, -0.25) is 4.72 Å². The van der Waals surface area contributed by atoms with Gasteiger partial charge >= 0.3 is 0 Å². The van der Waals surface area contributed by atoms with Crippen LogP contribution in [0.3, 0.4) is 0 Å². The second kappa shape index (κ2) is 6.93. The number of hydrogen-bond donors (Lipinski definition) is 2. The van der Waals surface area contributed by atoms with Gasteiger partial charge in [-0.2, -0.15) is 0 Å². The fourth-order valence-electron chi connectivity index (χ4n) is 1.29. The molecule has 0 aliphatic rings. The van der Waals surface area contributed by atoms with Gasteiger partial charge in [-0.25, -0.2) is 8.42 Å². The van der Waals surface area contributed by atoms with Crippen LogP contribution in [0.15, 0.2) is 18.2 Å². The van der Waals surface area contributed by atoms with Gasteiger partial charge in [-0.1, -0.05) is 18.5 Å². The summed E-state index contributed by atoms with van der Waals surface area (Å²) in [4.78, 5) is 0. The van der Waals surface area contributed by atoms with Crippen molar-refractivity contribution in [1.29, 1.82) is 0 Å². The summed E-state index contributed by atoms with van der Waals surface area (Å²) in [7, 11) is -3.43. The molecule has 0 heterocycles. The van der Waals surface area contributed by atoms with E-state index < -0.39 is 15.3 Å². The van der Waals surface area contributed by atoms with Crippen molar-refractivity contribution in [3.63, 3.8) is 0 Å². The highest BCUT2D eigenvalue weighted by Crippen LogP contribution is 2.25. The van der Waals surface area contributed by atoms with Gasteiger partial charge in [0, 0.05) is 10.1 Å². The van der Waals surface area contributed by atoms with Crippen molar-refractivity contribution in [2.45, 2.75) is 19.1 Å². The molecular weight excluding hydrogens is 387 g/mol. The Morgan fingerprint density at radius 1 is 1.44 bits per heavy atom. The molecule has 0 radical (unpaired) electrons. The summed E-state index contributed by atoms with van der Waals surface area (Å²) >= 11 is 8.07. The molecule has 1 aromatic rings. The minimum Gasteiger partial charge on any atom is -0.316 e. The van der Waals surface area contributed by atoms with Gasteiger partial charge in [0.25, 0.3) is 0 Å². The number of halogens is 2. The average Bonchev–Trinajstić information content (AvgIpc) is 2.30. The Kier molecular flexibility index (Phi) is 6.16. The predicted octanol–water partition coefficient (Wildman–Crippen LogP) is 2.68. The molecule has 1 unspecified atom stereocenters. The molecular formula is C11H16ClIN2O2S. The molecule has 0 saturated heterocycles. The van der Waals surface area contributed by atoms with Gasteiger partial charge in [0.15, 0.2) is 0 Å². The molecule has 1 aromatic carbocycles. The van der Waals surface area contributed by atoms with Gasteiger partial charge in [-0.15, -0.1) is 0 Å². The second-order valence-electron chi connectivity index (χ2n) is 3.89. The maximum Gasteiger partial charge on any atom is 0.236 e. The summed E-state index contributed by atoms with van der Waals surface area (Å²) in [5.41, 5.74) is 0.423. The fraction of sp³-hybridized carbons (Fsp3) is 0.455. The highest BCUT2D eigenvalue weighted by atomic mass is 127. The predicted molar refractivity (Wildman–Crippen MR) is 84.7 cm³/mol. The van der Waals surface area contributed by atoms with Crippen LogP contribution in [0.2, 0.25) is 5.02 Å². The van der Waals surface area contributed by atoms with Crippen LogP contribution in [0, 0.1) is 3.57 Å². The zero-order chi connectivity index (χ0) is 13.8. The molecule has 0 amide bonds. The molecule has 0 fully saturated rings. The minimum absolute atomic E-state index is 0.398. The van der Waals surface area contributed by atoms with Crippen molar-refractivity contribution < 1.29 is 8.42 Å². The summed E-state index contributed by atoms with van der Waals surface area (Å²) in [6.07, 6.45) is 0. The second-order valence-corrected chi connectivity index (χ2v) is 7.64. The minimum atomic E-state index is -3.43. The van der Waals surface area contributed by atoms with E-state index in [-0.39, 0.29) is 0 Å². The smallest absolute Gasteiger partial charge is 0.236 e. The Labute approximate surface area is 127 Å². The lowest BCUT2D eigenvalue weighted by Gasteiger charge is -2.16. The van der Waals surface area contributed by atoms with Crippen molar-refractivity contribution in [3.8, 4) is 0 Å². The summed E-state index contributed by atoms with van der Waals surface area (Å²) in [6.45, 7) is 4.74. The van der Waals surface area contributed by atoms with Gasteiger partial charge in [0.2, 0.25) is 10.0 Å². The molecule has 18 heavy (non-hydrogen) atoms. The third kappa shape index (κ3) is 4.56. The van der Waals surface area contributed by atoms with E-state index in [1.165, 1.54) is 0 Å². The Balaban J connectivity index is 2.85. The van der Waals surface area contributed by atoms with Crippen LogP contribution < -0.4 is 10.0 Å². The van der Waals surface area contributed by atoms with E-state index in [2.05, 4.69) is 32.6 Å². The van der Waals surface area contributed by atoms with Crippen LogP contribution in [0.25, 0.3) is 0 Å². The third-order valence-electron chi connectivity index (χ3n) is 2.39. The highest BCUT2D eigenvalue weighted by Gasteiger charge is 2.21. The monoisotopic (exact) mass is 402 g/mol. The molecule has 0 spiro atoms. The molecule has 0 saturated carbocycles. The Morgan fingerprint density at radius 3 is 2.72 bits per heavy atom. The molecule has 1 atom stereocenters. The highest BCUT2D eigenvalue weighted by molar-refractivity contribution is 14.1. The molecule has 7 heteroatoms. The lowest BCUT2D eigenvalue weighted by molar-refractivity contribution is 0.579. The zero-order valence-corrected chi connectivity index (χ0v) is 13.9. The number of rotatable bonds is 6. The maximum atomic E-state index is 12.1. The van der Waals surface area contributed by atoms with Gasteiger partial charge < -0.3 is 5.32 Å². The van der Waals surface area contributed by atoms with E-state index in [0.29, 0.717) is 17.3 Å². The van der Waals surface area contributed by atoms with Gasteiger partial charge in [0.1, 0.15) is 0 Å². The van der Waals surface area contributed by atoms with E-state index in [0.717, 1.165) is 10.1 Å². The van der Waals surface area contributed by atoms with Gasteiger partial charge in [-0.05, 0) is 54.3 Å². The summed E-state index contributed by atoms with van der Waals surface area (Å²) in [6, 6.07) is 5.21. The lowest BCUT2D eigenvalue weighted by Crippen LogP contribution is -2.34. The number of hydrogen-bond acceptors (Lipinski definition) is 3. The van der Waals surface area contributed by atoms with Crippen LogP contribution in [-0.2, 0) is 10.0 Å². The number of benzene rings is 1. The molecule has 0 aliphatic heterocycles. The van der Waals surface area contributed by atoms with E-state index in [1.807, 2.05) is 13.0 Å². The molecule has 4 nitrogen and oxygen atoms in total. The molecule has 0 bridgehead atoms. The van der Waals surface area contributed by atoms with Crippen LogP contribution in [0.5, 0.6) is 0 Å². The zero-order valence-electron chi connectivity index (χ0n) is 10.2. The fourth-order valence-corrected chi connectivity index (χ4v) is 3.01. The standard InChI is InChI=1S/C11H16ClIN2O2S/c1-3-14-7-8(2)18(16,17)15-11-6-9(13)4-5-10(11)12/h4-6,8,14-15H,3,7H2,1-2H3. The van der Waals surface area contributed by atoms with Crippen LogP contribution in [0.4, 0.5) is 5.69 Å². The lowest BCUT2D eigenvalue weighted by atomic mass is 10.3. The first-order valence-electron chi connectivity index (χ1n) is 5.54. The van der Waals surface area contributed by atoms with Crippen molar-refractivity contribution >= 4 is 49.9 Å². The molecule has 102 valence electrons. The van der Waals surface area contributed by atoms with Crippen LogP contribution in [0.1, 0.15) is 13.8 Å². The molecule has 2 N–H and O–H groups in total. The molecule has 0 aliphatic carbocycles. The molecule has 1 rings (SSSR count). The molecule has 0 aromatic heterocycles. The van der Waals surface area contributed by atoms with Crippen LogP contribution >= 0.6 is 34.2 Å². The van der Waals surface area contributed by atoms with Crippen molar-refractivity contribution in [2.24, 2.45) is 0 Å². The third-order valence-corrected chi connectivity index (χ3v) is 5.12. The van der Waals surface area contributed by atoms with E-state index >= 15 is 0 Å². The summed E-state index contributed by atoms with van der Waals surface area (Å²) in [5, 5.41) is 2.89. The maximum absolute atomic E-state index is 12.1.